The molecular formula is C19H24N4O2. The summed E-state index contributed by atoms with van der Waals surface area (Å²) in [6, 6.07) is 7.63. The Bertz CT molecular complexity index is 701. The van der Waals surface area contributed by atoms with Crippen molar-refractivity contribution in [1.82, 2.24) is 14.9 Å². The Morgan fingerprint density at radius 1 is 1.20 bits per heavy atom. The first-order valence-electron chi connectivity index (χ1n) is 8.44. The molecule has 0 bridgehead atoms. The van der Waals surface area contributed by atoms with Gasteiger partial charge in [0.15, 0.2) is 0 Å². The van der Waals surface area contributed by atoms with Gasteiger partial charge >= 0.3 is 0 Å². The van der Waals surface area contributed by atoms with Crippen molar-refractivity contribution in [1.29, 1.82) is 0 Å². The number of hydrogen-bond donors (Lipinski definition) is 1. The Hall–Kier alpha value is -2.76. The fourth-order valence-electron chi connectivity index (χ4n) is 2.38. The Morgan fingerprint density at radius 3 is 2.52 bits per heavy atom. The zero-order chi connectivity index (χ0) is 18.2. The minimum atomic E-state index is -0.203. The van der Waals surface area contributed by atoms with Crippen molar-refractivity contribution in [3.63, 3.8) is 0 Å². The summed E-state index contributed by atoms with van der Waals surface area (Å²) in [6.07, 6.45) is 5.49. The molecule has 2 aromatic rings. The number of benzene rings is 1. The second-order valence-electron chi connectivity index (χ2n) is 6.01. The molecule has 132 valence electrons. The molecule has 0 saturated carbocycles. The maximum absolute atomic E-state index is 12.6. The van der Waals surface area contributed by atoms with Crippen LogP contribution in [0, 0.1) is 6.92 Å². The third kappa shape index (κ3) is 5.38. The zero-order valence-electron chi connectivity index (χ0n) is 14.9. The average Bonchev–Trinajstić information content (AvgIpc) is 2.64. The number of carbonyl (C=O) groups excluding carboxylic acids is 2. The highest BCUT2D eigenvalue weighted by Crippen LogP contribution is 2.12. The fourth-order valence-corrected chi connectivity index (χ4v) is 2.38. The molecule has 0 aliphatic carbocycles. The van der Waals surface area contributed by atoms with Crippen LogP contribution < -0.4 is 5.32 Å². The van der Waals surface area contributed by atoms with Gasteiger partial charge in [0.1, 0.15) is 5.69 Å². The van der Waals surface area contributed by atoms with Crippen molar-refractivity contribution in [3.05, 3.63) is 54.1 Å². The van der Waals surface area contributed by atoms with Crippen molar-refractivity contribution in [3.8, 4) is 0 Å². The van der Waals surface area contributed by atoms with Crippen LogP contribution in [0.2, 0.25) is 0 Å². The van der Waals surface area contributed by atoms with Crippen LogP contribution >= 0.6 is 0 Å². The normalized spacial score (nSPS) is 11.6. The van der Waals surface area contributed by atoms with Gasteiger partial charge < -0.3 is 10.2 Å². The molecule has 25 heavy (non-hydrogen) atoms. The smallest absolute Gasteiger partial charge is 0.274 e. The van der Waals surface area contributed by atoms with Crippen LogP contribution in [0.1, 0.15) is 42.7 Å². The highest BCUT2D eigenvalue weighted by Gasteiger charge is 2.22. The SMILES string of the molecule is CCC(C)N(CCC(=O)Nc1ccc(C)cc1)C(=O)c1cnccn1. The van der Waals surface area contributed by atoms with E-state index in [2.05, 4.69) is 15.3 Å². The summed E-state index contributed by atoms with van der Waals surface area (Å²) in [7, 11) is 0. The molecule has 0 saturated heterocycles. The second kappa shape index (κ2) is 8.92. The quantitative estimate of drug-likeness (QED) is 0.840. The van der Waals surface area contributed by atoms with Gasteiger partial charge in [-0.2, -0.15) is 0 Å². The summed E-state index contributed by atoms with van der Waals surface area (Å²) in [5, 5.41) is 2.86. The highest BCUT2D eigenvalue weighted by atomic mass is 16.2. The fraction of sp³-hybridized carbons (Fsp3) is 0.368. The van der Waals surface area contributed by atoms with Gasteiger partial charge in [-0.15, -0.1) is 0 Å². The van der Waals surface area contributed by atoms with E-state index in [1.807, 2.05) is 45.0 Å². The molecule has 6 heteroatoms. The Kier molecular flexibility index (Phi) is 6.62. The summed E-state index contributed by atoms with van der Waals surface area (Å²) in [5.74, 6) is -0.324. The Labute approximate surface area is 148 Å². The molecule has 0 spiro atoms. The summed E-state index contributed by atoms with van der Waals surface area (Å²) < 4.78 is 0. The predicted octanol–water partition coefficient (Wildman–Crippen LogP) is 3.05. The number of aromatic nitrogens is 2. The van der Waals surface area contributed by atoms with E-state index < -0.39 is 0 Å². The topological polar surface area (TPSA) is 75.2 Å². The van der Waals surface area contributed by atoms with Crippen LogP contribution in [0.5, 0.6) is 0 Å². The molecule has 0 aliphatic rings. The monoisotopic (exact) mass is 340 g/mol. The van der Waals surface area contributed by atoms with Crippen molar-refractivity contribution in [2.24, 2.45) is 0 Å². The molecule has 0 aliphatic heterocycles. The zero-order valence-corrected chi connectivity index (χ0v) is 14.9. The number of anilines is 1. The first-order valence-corrected chi connectivity index (χ1v) is 8.44. The second-order valence-corrected chi connectivity index (χ2v) is 6.01. The Morgan fingerprint density at radius 2 is 1.92 bits per heavy atom. The van der Waals surface area contributed by atoms with Crippen molar-refractivity contribution < 1.29 is 9.59 Å². The van der Waals surface area contributed by atoms with Crippen LogP contribution in [0.3, 0.4) is 0 Å². The van der Waals surface area contributed by atoms with Crippen molar-refractivity contribution in [2.45, 2.75) is 39.7 Å². The summed E-state index contributed by atoms with van der Waals surface area (Å²) in [6.45, 7) is 6.30. The van der Waals surface area contributed by atoms with E-state index in [-0.39, 0.29) is 24.3 Å². The molecule has 6 nitrogen and oxygen atoms in total. The van der Waals surface area contributed by atoms with E-state index >= 15 is 0 Å². The van der Waals surface area contributed by atoms with Gasteiger partial charge in [-0.3, -0.25) is 14.6 Å². The number of amides is 2. The van der Waals surface area contributed by atoms with Crippen LogP contribution in [0.25, 0.3) is 0 Å². The van der Waals surface area contributed by atoms with E-state index in [0.717, 1.165) is 17.7 Å². The third-order valence-electron chi connectivity index (χ3n) is 4.08. The molecule has 2 rings (SSSR count). The number of hydrogen-bond acceptors (Lipinski definition) is 4. The first kappa shape index (κ1) is 18.6. The molecule has 1 unspecified atom stereocenters. The minimum Gasteiger partial charge on any atom is -0.334 e. The van der Waals surface area contributed by atoms with Crippen LogP contribution in [-0.4, -0.2) is 39.3 Å². The lowest BCUT2D eigenvalue weighted by Crippen LogP contribution is -2.40. The number of nitrogens with one attached hydrogen (secondary N) is 1. The highest BCUT2D eigenvalue weighted by molar-refractivity contribution is 5.94. The summed E-state index contributed by atoms with van der Waals surface area (Å²) >= 11 is 0. The lowest BCUT2D eigenvalue weighted by atomic mass is 10.2. The van der Waals surface area contributed by atoms with E-state index in [1.165, 1.54) is 18.6 Å². The third-order valence-corrected chi connectivity index (χ3v) is 4.08. The molecule has 0 radical (unpaired) electrons. The van der Waals surface area contributed by atoms with Crippen molar-refractivity contribution in [2.75, 3.05) is 11.9 Å². The van der Waals surface area contributed by atoms with Crippen LogP contribution in [0.15, 0.2) is 42.9 Å². The number of nitrogens with zero attached hydrogens (tertiary/aromatic N) is 3. The van der Waals surface area contributed by atoms with Gasteiger partial charge in [-0.25, -0.2) is 4.98 Å². The van der Waals surface area contributed by atoms with Crippen LogP contribution in [0.4, 0.5) is 5.69 Å². The lowest BCUT2D eigenvalue weighted by Gasteiger charge is -2.28. The number of rotatable bonds is 7. The molecule has 0 fully saturated rings. The van der Waals surface area contributed by atoms with E-state index in [4.69, 9.17) is 0 Å². The van der Waals surface area contributed by atoms with Gasteiger partial charge in [0.25, 0.3) is 5.91 Å². The maximum Gasteiger partial charge on any atom is 0.274 e. The molecule has 1 heterocycles. The number of aryl methyl sites for hydroxylation is 1. The minimum absolute atomic E-state index is 0.0154. The molecule has 1 aromatic heterocycles. The van der Waals surface area contributed by atoms with Gasteiger partial charge in [-0.05, 0) is 32.4 Å². The summed E-state index contributed by atoms with van der Waals surface area (Å²) in [5.41, 5.74) is 2.18. The molecule has 1 aromatic carbocycles. The van der Waals surface area contributed by atoms with Crippen LogP contribution in [-0.2, 0) is 4.79 Å². The first-order chi connectivity index (χ1) is 12.0. The van der Waals surface area contributed by atoms with Gasteiger partial charge in [0, 0.05) is 37.1 Å². The standard InChI is InChI=1S/C19H24N4O2/c1-4-15(3)23(19(25)17-13-20-10-11-21-17)12-9-18(24)22-16-7-5-14(2)6-8-16/h5-8,10-11,13,15H,4,9,12H2,1-3H3,(H,22,24). The van der Waals surface area contributed by atoms with Gasteiger partial charge in [-0.1, -0.05) is 24.6 Å². The largest absolute Gasteiger partial charge is 0.334 e. The number of carbonyl (C=O) groups is 2. The molecule has 1 N–H and O–H groups in total. The summed E-state index contributed by atoms with van der Waals surface area (Å²) in [4.78, 5) is 34.5. The van der Waals surface area contributed by atoms with Gasteiger partial charge in [0.05, 0.1) is 6.20 Å². The average molecular weight is 340 g/mol. The van der Waals surface area contributed by atoms with E-state index in [0.29, 0.717) is 12.2 Å². The predicted molar refractivity (Wildman–Crippen MR) is 97.2 cm³/mol. The van der Waals surface area contributed by atoms with Crippen molar-refractivity contribution >= 4 is 17.5 Å². The Balaban J connectivity index is 1.98. The lowest BCUT2D eigenvalue weighted by molar-refractivity contribution is -0.116. The molecule has 1 atom stereocenters. The van der Waals surface area contributed by atoms with Gasteiger partial charge in [0.2, 0.25) is 5.91 Å². The van der Waals surface area contributed by atoms with E-state index in [1.54, 1.807) is 4.90 Å². The maximum atomic E-state index is 12.6. The van der Waals surface area contributed by atoms with E-state index in [9.17, 15) is 9.59 Å². The molecular weight excluding hydrogens is 316 g/mol. The molecule has 2 amide bonds.